The maximum absolute atomic E-state index is 13.9. The fourth-order valence-electron chi connectivity index (χ4n) is 8.99. The molecule has 23 heteroatoms. The van der Waals surface area contributed by atoms with Gasteiger partial charge in [-0.25, -0.2) is 9.97 Å². The number of amides is 6. The van der Waals surface area contributed by atoms with Crippen LogP contribution in [0.2, 0.25) is 0 Å². The van der Waals surface area contributed by atoms with Crippen LogP contribution in [0.25, 0.3) is 10.9 Å². The molecule has 5 N–H and O–H groups in total. The van der Waals surface area contributed by atoms with Crippen molar-refractivity contribution >= 4 is 52.2 Å². The lowest BCUT2D eigenvalue weighted by Crippen LogP contribution is -2.59. The monoisotopic (exact) mass is 969 g/mol. The van der Waals surface area contributed by atoms with Gasteiger partial charge in [0.05, 0.1) is 54.9 Å². The first-order chi connectivity index (χ1) is 33.0. The topological polar surface area (TPSA) is 239 Å². The number of fused-ring (bicyclic) bond motifs is 1. The highest BCUT2D eigenvalue weighted by Gasteiger charge is 2.44. The summed E-state index contributed by atoms with van der Waals surface area (Å²) in [6.45, 7) is 4.28. The van der Waals surface area contributed by atoms with Gasteiger partial charge in [0.1, 0.15) is 38.0 Å². The number of aromatic nitrogens is 3. The SMILES string of the molecule is CC(C)N(C)[C@@H]1CC[C@H](N2CC[C@H](Nc3ncnc4ccc(C(F)(F)F)cc34)C2=O)[C@H](NC(=O)COCCNC(=O)COCCNC(=O)COCCNC(=O)[C@H]2CC(=O)N(C)[C@@H]2c2cccnc2)C1. The van der Waals surface area contributed by atoms with E-state index >= 15 is 0 Å². The van der Waals surface area contributed by atoms with Crippen LogP contribution in [0, 0.1) is 5.92 Å². The minimum absolute atomic E-state index is 0.0371. The van der Waals surface area contributed by atoms with Crippen LogP contribution in [0.15, 0.2) is 49.1 Å². The summed E-state index contributed by atoms with van der Waals surface area (Å²) in [5, 5.41) is 14.3. The smallest absolute Gasteiger partial charge is 0.370 e. The van der Waals surface area contributed by atoms with E-state index < -0.39 is 47.6 Å². The van der Waals surface area contributed by atoms with E-state index in [2.05, 4.69) is 60.3 Å². The number of alkyl halides is 3. The third-order valence-corrected chi connectivity index (χ3v) is 12.8. The summed E-state index contributed by atoms with van der Waals surface area (Å²) in [5.41, 5.74) is 0.226. The predicted octanol–water partition coefficient (Wildman–Crippen LogP) is 1.42. The molecule has 0 radical (unpaired) electrons. The summed E-state index contributed by atoms with van der Waals surface area (Å²) < 4.78 is 56.9. The molecular formula is C46H62F3N11O9. The third-order valence-electron chi connectivity index (χ3n) is 12.8. The van der Waals surface area contributed by atoms with Gasteiger partial charge in [0.15, 0.2) is 0 Å². The molecule has 69 heavy (non-hydrogen) atoms. The zero-order chi connectivity index (χ0) is 49.7. The molecule has 6 atom stereocenters. The molecule has 20 nitrogen and oxygen atoms in total. The van der Waals surface area contributed by atoms with E-state index in [4.69, 9.17) is 14.2 Å². The molecule has 2 saturated heterocycles. The second-order valence-electron chi connectivity index (χ2n) is 17.6. The van der Waals surface area contributed by atoms with Crippen LogP contribution in [-0.2, 0) is 49.2 Å². The number of rotatable bonds is 23. The molecule has 376 valence electrons. The Morgan fingerprint density at radius 3 is 2.19 bits per heavy atom. The Morgan fingerprint density at radius 1 is 0.884 bits per heavy atom. The summed E-state index contributed by atoms with van der Waals surface area (Å²) >= 11 is 0. The Hall–Kier alpha value is -6.04. The van der Waals surface area contributed by atoms with Crippen molar-refractivity contribution in [2.45, 2.75) is 88.4 Å². The van der Waals surface area contributed by atoms with Crippen LogP contribution in [0.3, 0.4) is 0 Å². The van der Waals surface area contributed by atoms with Gasteiger partial charge in [-0.2, -0.15) is 13.2 Å². The maximum atomic E-state index is 13.9. The molecule has 3 aliphatic rings. The number of ether oxygens (including phenoxy) is 3. The summed E-state index contributed by atoms with van der Waals surface area (Å²) in [7, 11) is 3.69. The zero-order valence-corrected chi connectivity index (χ0v) is 39.3. The molecule has 1 aliphatic carbocycles. The van der Waals surface area contributed by atoms with Crippen molar-refractivity contribution < 1.29 is 56.1 Å². The first kappa shape index (κ1) is 52.3. The Bertz CT molecular complexity index is 2260. The number of nitrogens with zero attached hydrogens (tertiary/aromatic N) is 6. The van der Waals surface area contributed by atoms with Gasteiger partial charge in [0, 0.05) is 69.5 Å². The molecule has 3 fully saturated rings. The lowest BCUT2D eigenvalue weighted by atomic mass is 9.84. The van der Waals surface area contributed by atoms with Gasteiger partial charge in [0.25, 0.3) is 0 Å². The third kappa shape index (κ3) is 14.3. The summed E-state index contributed by atoms with van der Waals surface area (Å²) in [4.78, 5) is 94.7. The van der Waals surface area contributed by atoms with E-state index in [1.165, 1.54) is 12.4 Å². The number of likely N-dealkylation sites (tertiary alicyclic amines) is 2. The normalized spacial score (nSPS) is 21.8. The van der Waals surface area contributed by atoms with Crippen molar-refractivity contribution in [1.82, 2.24) is 50.9 Å². The molecule has 0 unspecified atom stereocenters. The predicted molar refractivity (Wildman–Crippen MR) is 244 cm³/mol. The number of benzene rings is 1. The van der Waals surface area contributed by atoms with Crippen LogP contribution < -0.4 is 26.6 Å². The fraction of sp³-hybridized carbons (Fsp3) is 0.587. The van der Waals surface area contributed by atoms with E-state index in [0.29, 0.717) is 31.3 Å². The Morgan fingerprint density at radius 2 is 1.55 bits per heavy atom. The quantitative estimate of drug-likeness (QED) is 0.0846. The standard InChI is InChI=1S/C46H62F3N11O9/c1-28(2)58(3)31-8-10-37(60-16-11-35(45(60)66)57-43-32-20-30(46(47,48)49)7-9-34(32)54-27-55-43)36(21-31)56-40(63)26-69-18-14-52-38(61)24-67-17-13-51-39(62)25-68-19-15-53-44(65)33-22-41(64)59(4)42(33)29-6-5-12-50-23-29/h5-7,9,12,20,23,27-28,31,33,35-37,42H,8,10-11,13-19,21-22,24-26H2,1-4H3,(H,51,62)(H,52,61)(H,53,65)(H,56,63)(H,54,55,57)/t31-,33+,35+,36-,37+,42-/m1/s1. The first-order valence-corrected chi connectivity index (χ1v) is 23.1. The van der Waals surface area contributed by atoms with Gasteiger partial charge in [-0.1, -0.05) is 6.07 Å². The Labute approximate surface area is 398 Å². The van der Waals surface area contributed by atoms with Crippen molar-refractivity contribution in [3.05, 3.63) is 60.2 Å². The number of anilines is 1. The number of hydrogen-bond donors (Lipinski definition) is 5. The van der Waals surface area contributed by atoms with Crippen LogP contribution in [0.4, 0.5) is 19.0 Å². The van der Waals surface area contributed by atoms with E-state index in [-0.39, 0.29) is 119 Å². The van der Waals surface area contributed by atoms with E-state index in [1.807, 2.05) is 13.1 Å². The largest absolute Gasteiger partial charge is 0.416 e. The van der Waals surface area contributed by atoms with Gasteiger partial charge in [-0.05, 0) is 76.4 Å². The van der Waals surface area contributed by atoms with Gasteiger partial charge in [-0.3, -0.25) is 33.8 Å². The molecule has 4 heterocycles. The van der Waals surface area contributed by atoms with Gasteiger partial charge >= 0.3 is 6.18 Å². The Balaban J connectivity index is 0.847. The highest BCUT2D eigenvalue weighted by atomic mass is 19.4. The summed E-state index contributed by atoms with van der Waals surface area (Å²) in [6.07, 6.45) is 2.38. The van der Waals surface area contributed by atoms with Crippen LogP contribution in [0.1, 0.15) is 63.1 Å². The zero-order valence-electron chi connectivity index (χ0n) is 39.3. The van der Waals surface area contributed by atoms with E-state index in [9.17, 15) is 41.9 Å². The molecule has 1 aromatic carbocycles. The van der Waals surface area contributed by atoms with E-state index in [1.54, 1.807) is 35.3 Å². The van der Waals surface area contributed by atoms with Crippen molar-refractivity contribution in [1.29, 1.82) is 0 Å². The molecule has 0 spiro atoms. The van der Waals surface area contributed by atoms with Gasteiger partial charge in [0.2, 0.25) is 35.4 Å². The van der Waals surface area contributed by atoms with Crippen LogP contribution >= 0.6 is 0 Å². The highest BCUT2D eigenvalue weighted by molar-refractivity contribution is 5.93. The van der Waals surface area contributed by atoms with Crippen LogP contribution in [0.5, 0.6) is 0 Å². The number of carbonyl (C=O) groups excluding carboxylic acids is 6. The number of hydrogen-bond acceptors (Lipinski definition) is 14. The fourth-order valence-corrected chi connectivity index (χ4v) is 8.99. The minimum atomic E-state index is -4.57. The minimum Gasteiger partial charge on any atom is -0.370 e. The Kier molecular flexibility index (Phi) is 18.6. The van der Waals surface area contributed by atoms with Crippen molar-refractivity contribution in [3.63, 3.8) is 0 Å². The average Bonchev–Trinajstić information content (AvgIpc) is 3.84. The molecule has 2 aliphatic heterocycles. The number of halogens is 3. The molecule has 2 aromatic heterocycles. The second-order valence-corrected chi connectivity index (χ2v) is 17.6. The lowest BCUT2D eigenvalue weighted by Gasteiger charge is -2.44. The molecule has 6 amide bonds. The number of nitrogens with one attached hydrogen (secondary N) is 5. The highest BCUT2D eigenvalue weighted by Crippen LogP contribution is 2.37. The lowest BCUT2D eigenvalue weighted by molar-refractivity contribution is -0.137. The molecule has 1 saturated carbocycles. The molecule has 6 rings (SSSR count). The van der Waals surface area contributed by atoms with Crippen LogP contribution in [-0.4, -0.2) is 175 Å². The maximum Gasteiger partial charge on any atom is 0.416 e. The molecule has 0 bridgehead atoms. The summed E-state index contributed by atoms with van der Waals surface area (Å²) in [5.74, 6) is -2.33. The summed E-state index contributed by atoms with van der Waals surface area (Å²) in [6, 6.07) is 5.26. The average molecular weight is 970 g/mol. The first-order valence-electron chi connectivity index (χ1n) is 23.1. The molecular weight excluding hydrogens is 908 g/mol. The molecule has 3 aromatic rings. The van der Waals surface area contributed by atoms with Crippen molar-refractivity contribution in [2.24, 2.45) is 5.92 Å². The number of pyridine rings is 1. The van der Waals surface area contributed by atoms with Gasteiger partial charge in [-0.15, -0.1) is 0 Å². The second kappa shape index (κ2) is 24.5. The number of carbonyl (C=O) groups is 6. The van der Waals surface area contributed by atoms with Crippen molar-refractivity contribution in [3.8, 4) is 0 Å². The van der Waals surface area contributed by atoms with Crippen molar-refractivity contribution in [2.75, 3.05) is 85.2 Å². The van der Waals surface area contributed by atoms with E-state index in [0.717, 1.165) is 24.1 Å². The van der Waals surface area contributed by atoms with Gasteiger partial charge < -0.3 is 55.5 Å².